The van der Waals surface area contributed by atoms with Gasteiger partial charge in [-0.1, -0.05) is 13.3 Å². The molecule has 2 aromatic heterocycles. The first-order valence-electron chi connectivity index (χ1n) is 4.69. The monoisotopic (exact) mass is 192 g/mol. The van der Waals surface area contributed by atoms with E-state index < -0.39 is 0 Å². The highest BCUT2D eigenvalue weighted by Gasteiger charge is 2.04. The molecule has 74 valence electrons. The fourth-order valence-electron chi connectivity index (χ4n) is 1.15. The quantitative estimate of drug-likeness (QED) is 0.685. The fraction of sp³-hybridized carbons (Fsp3) is 0.444. The maximum Gasteiger partial charge on any atom is 0.260 e. The van der Waals surface area contributed by atoms with Gasteiger partial charge in [-0.2, -0.15) is 0 Å². The molecule has 0 atom stereocenters. The summed E-state index contributed by atoms with van der Waals surface area (Å²) in [5.74, 6) is 0.554. The fourth-order valence-corrected chi connectivity index (χ4v) is 1.15. The predicted octanol–water partition coefficient (Wildman–Crippen LogP) is 1.30. The summed E-state index contributed by atoms with van der Waals surface area (Å²) in [6.07, 6.45) is 7.23. The number of unbranched alkanes of at least 4 members (excludes halogenated alkanes) is 1. The molecule has 2 heterocycles. The number of hydrogen-bond donors (Lipinski definition) is 0. The Kier molecular flexibility index (Phi) is 2.58. The number of rotatable bonds is 4. The Hall–Kier alpha value is -1.65. The first-order chi connectivity index (χ1) is 6.92. The van der Waals surface area contributed by atoms with Gasteiger partial charge in [-0.3, -0.25) is 4.40 Å². The van der Waals surface area contributed by atoms with Crippen molar-refractivity contribution in [1.82, 2.24) is 19.6 Å². The third kappa shape index (κ3) is 1.66. The first kappa shape index (κ1) is 8.93. The maximum atomic E-state index is 5.48. The minimum Gasteiger partial charge on any atom is -0.475 e. The highest BCUT2D eigenvalue weighted by atomic mass is 16.5. The van der Waals surface area contributed by atoms with E-state index in [-0.39, 0.29) is 0 Å². The normalized spacial score (nSPS) is 10.6. The van der Waals surface area contributed by atoms with E-state index in [0.29, 0.717) is 18.1 Å². The molecule has 0 aliphatic rings. The molecule has 0 unspecified atom stereocenters. The van der Waals surface area contributed by atoms with Gasteiger partial charge in [-0.15, -0.1) is 10.2 Å². The number of fused-ring (bicyclic) bond motifs is 1. The average Bonchev–Trinajstić information content (AvgIpc) is 2.67. The summed E-state index contributed by atoms with van der Waals surface area (Å²) in [6, 6.07) is 0. The molecule has 0 bridgehead atoms. The van der Waals surface area contributed by atoms with Crippen molar-refractivity contribution in [2.45, 2.75) is 19.8 Å². The largest absolute Gasteiger partial charge is 0.475 e. The molecule has 0 aliphatic heterocycles. The Labute approximate surface area is 81.8 Å². The zero-order valence-corrected chi connectivity index (χ0v) is 8.05. The Morgan fingerprint density at radius 3 is 3.29 bits per heavy atom. The highest BCUT2D eigenvalue weighted by molar-refractivity contribution is 5.47. The van der Waals surface area contributed by atoms with Crippen LogP contribution in [-0.4, -0.2) is 26.2 Å². The van der Waals surface area contributed by atoms with Crippen molar-refractivity contribution in [3.8, 4) is 5.88 Å². The van der Waals surface area contributed by atoms with Crippen LogP contribution < -0.4 is 4.74 Å². The van der Waals surface area contributed by atoms with E-state index >= 15 is 0 Å². The number of aromatic nitrogens is 4. The topological polar surface area (TPSA) is 52.3 Å². The Morgan fingerprint density at radius 1 is 1.50 bits per heavy atom. The van der Waals surface area contributed by atoms with Gasteiger partial charge in [-0.05, 0) is 6.42 Å². The van der Waals surface area contributed by atoms with E-state index in [9.17, 15) is 0 Å². The molecule has 2 rings (SSSR count). The third-order valence-electron chi connectivity index (χ3n) is 1.92. The summed E-state index contributed by atoms with van der Waals surface area (Å²) in [4.78, 5) is 4.11. The molecule has 2 aromatic rings. The summed E-state index contributed by atoms with van der Waals surface area (Å²) in [5, 5.41) is 7.71. The van der Waals surface area contributed by atoms with Crippen LogP contribution in [0.2, 0.25) is 0 Å². The lowest BCUT2D eigenvalue weighted by atomic mass is 10.4. The lowest BCUT2D eigenvalue weighted by Crippen LogP contribution is -2.00. The predicted molar refractivity (Wildman–Crippen MR) is 51.2 cm³/mol. The minimum absolute atomic E-state index is 0.554. The van der Waals surface area contributed by atoms with Crippen LogP contribution in [0.5, 0.6) is 5.88 Å². The molecule has 5 heteroatoms. The van der Waals surface area contributed by atoms with E-state index in [0.717, 1.165) is 12.8 Å². The van der Waals surface area contributed by atoms with Crippen LogP contribution in [0.1, 0.15) is 19.8 Å². The molecule has 0 fully saturated rings. The average molecular weight is 192 g/mol. The van der Waals surface area contributed by atoms with Crippen molar-refractivity contribution in [3.63, 3.8) is 0 Å². The van der Waals surface area contributed by atoms with E-state index in [4.69, 9.17) is 4.74 Å². The second-order valence-corrected chi connectivity index (χ2v) is 3.00. The molecule has 0 aliphatic carbocycles. The van der Waals surface area contributed by atoms with Crippen molar-refractivity contribution >= 4 is 5.65 Å². The van der Waals surface area contributed by atoms with Gasteiger partial charge in [-0.25, -0.2) is 4.98 Å². The first-order valence-corrected chi connectivity index (χ1v) is 4.69. The summed E-state index contributed by atoms with van der Waals surface area (Å²) in [5.41, 5.74) is 0.670. The molecule has 0 radical (unpaired) electrons. The van der Waals surface area contributed by atoms with Crippen molar-refractivity contribution < 1.29 is 4.74 Å². The Bertz CT molecular complexity index is 412. The molecule has 0 amide bonds. The number of hydrogen-bond acceptors (Lipinski definition) is 4. The van der Waals surface area contributed by atoms with Crippen molar-refractivity contribution in [1.29, 1.82) is 0 Å². The lowest BCUT2D eigenvalue weighted by molar-refractivity contribution is 0.299. The maximum absolute atomic E-state index is 5.48. The molecule has 0 aromatic carbocycles. The van der Waals surface area contributed by atoms with Gasteiger partial charge < -0.3 is 4.74 Å². The summed E-state index contributed by atoms with van der Waals surface area (Å²) in [6.45, 7) is 2.80. The molecular weight excluding hydrogens is 180 g/mol. The second-order valence-electron chi connectivity index (χ2n) is 3.00. The second kappa shape index (κ2) is 4.04. The van der Waals surface area contributed by atoms with Gasteiger partial charge in [0.1, 0.15) is 6.33 Å². The standard InChI is InChI=1S/C9H12N4O/c1-2-3-6-14-9-8-12-11-7-13(8)5-4-10-9/h4-5,7H,2-3,6H2,1H3. The third-order valence-corrected chi connectivity index (χ3v) is 1.92. The molecule has 5 nitrogen and oxygen atoms in total. The van der Waals surface area contributed by atoms with Crippen LogP contribution in [0.15, 0.2) is 18.7 Å². The van der Waals surface area contributed by atoms with Gasteiger partial charge in [0.2, 0.25) is 5.65 Å². The van der Waals surface area contributed by atoms with Gasteiger partial charge in [0.15, 0.2) is 0 Å². The van der Waals surface area contributed by atoms with E-state index in [1.807, 2.05) is 0 Å². The molecular formula is C9H12N4O. The zero-order chi connectivity index (χ0) is 9.80. The van der Waals surface area contributed by atoms with Gasteiger partial charge in [0.05, 0.1) is 6.61 Å². The molecule has 14 heavy (non-hydrogen) atoms. The molecule has 0 spiro atoms. The zero-order valence-electron chi connectivity index (χ0n) is 8.05. The van der Waals surface area contributed by atoms with Crippen LogP contribution >= 0.6 is 0 Å². The SMILES string of the molecule is CCCCOc1nccn2cnnc12. The molecule has 0 N–H and O–H groups in total. The summed E-state index contributed by atoms with van der Waals surface area (Å²) in [7, 11) is 0. The number of nitrogens with zero attached hydrogens (tertiary/aromatic N) is 4. The molecule has 0 saturated carbocycles. The Balaban J connectivity index is 2.19. The van der Waals surface area contributed by atoms with Crippen LogP contribution in [0, 0.1) is 0 Å². The van der Waals surface area contributed by atoms with Crippen LogP contribution in [0.3, 0.4) is 0 Å². The van der Waals surface area contributed by atoms with Gasteiger partial charge in [0.25, 0.3) is 5.88 Å². The lowest BCUT2D eigenvalue weighted by Gasteiger charge is -2.03. The highest BCUT2D eigenvalue weighted by Crippen LogP contribution is 2.12. The van der Waals surface area contributed by atoms with E-state index in [1.165, 1.54) is 0 Å². The number of ether oxygens (including phenoxy) is 1. The van der Waals surface area contributed by atoms with Crippen molar-refractivity contribution in [2.75, 3.05) is 6.61 Å². The smallest absolute Gasteiger partial charge is 0.260 e. The van der Waals surface area contributed by atoms with E-state index in [2.05, 4.69) is 22.1 Å². The van der Waals surface area contributed by atoms with Gasteiger partial charge >= 0.3 is 0 Å². The Morgan fingerprint density at radius 2 is 2.43 bits per heavy atom. The van der Waals surface area contributed by atoms with Crippen LogP contribution in [0.25, 0.3) is 5.65 Å². The van der Waals surface area contributed by atoms with Crippen LogP contribution in [0.4, 0.5) is 0 Å². The summed E-state index contributed by atoms with van der Waals surface area (Å²) >= 11 is 0. The minimum atomic E-state index is 0.554. The summed E-state index contributed by atoms with van der Waals surface area (Å²) < 4.78 is 7.27. The van der Waals surface area contributed by atoms with Crippen LogP contribution in [-0.2, 0) is 0 Å². The van der Waals surface area contributed by atoms with E-state index in [1.54, 1.807) is 23.1 Å². The van der Waals surface area contributed by atoms with Gasteiger partial charge in [0, 0.05) is 12.4 Å². The van der Waals surface area contributed by atoms with Crippen molar-refractivity contribution in [2.24, 2.45) is 0 Å². The molecule has 0 saturated heterocycles. The van der Waals surface area contributed by atoms with Crippen molar-refractivity contribution in [3.05, 3.63) is 18.7 Å².